The Morgan fingerprint density at radius 1 is 1.42 bits per heavy atom. The summed E-state index contributed by atoms with van der Waals surface area (Å²) in [7, 11) is 1.97. The maximum Gasteiger partial charge on any atom is 0.146 e. The van der Waals surface area contributed by atoms with Crippen molar-refractivity contribution in [3.63, 3.8) is 0 Å². The van der Waals surface area contributed by atoms with Gasteiger partial charge < -0.3 is 15.2 Å². The lowest BCUT2D eigenvalue weighted by Gasteiger charge is -2.18. The molecule has 2 heterocycles. The van der Waals surface area contributed by atoms with Crippen molar-refractivity contribution in [2.24, 2.45) is 7.05 Å². The van der Waals surface area contributed by atoms with E-state index in [0.29, 0.717) is 6.04 Å². The molecule has 1 aliphatic heterocycles. The largest absolute Gasteiger partial charge is 0.320 e. The molecule has 1 aromatic carbocycles. The number of hydrogen-bond acceptors (Lipinski definition) is 4. The van der Waals surface area contributed by atoms with E-state index in [1.807, 2.05) is 11.6 Å². The third-order valence-corrected chi connectivity index (χ3v) is 3.67. The monoisotopic (exact) mass is 257 g/mol. The van der Waals surface area contributed by atoms with Crippen molar-refractivity contribution in [2.75, 3.05) is 6.54 Å². The summed E-state index contributed by atoms with van der Waals surface area (Å²) in [5.41, 5.74) is 2.78. The van der Waals surface area contributed by atoms with Gasteiger partial charge in [0.2, 0.25) is 0 Å². The average Bonchev–Trinajstić information content (AvgIpc) is 2.73. The number of benzene rings is 1. The van der Waals surface area contributed by atoms with Gasteiger partial charge in [-0.1, -0.05) is 24.3 Å². The van der Waals surface area contributed by atoms with E-state index in [0.717, 1.165) is 31.9 Å². The number of fused-ring (bicyclic) bond motifs is 1. The van der Waals surface area contributed by atoms with E-state index in [-0.39, 0.29) is 0 Å². The lowest BCUT2D eigenvalue weighted by atomic mass is 9.99. The van der Waals surface area contributed by atoms with Crippen molar-refractivity contribution in [3.05, 3.63) is 47.5 Å². The van der Waals surface area contributed by atoms with Crippen molar-refractivity contribution in [1.82, 2.24) is 25.4 Å². The number of nitrogens with one attached hydrogen (secondary N) is 2. The number of aromatic nitrogens is 3. The molecule has 19 heavy (non-hydrogen) atoms. The highest BCUT2D eigenvalue weighted by molar-refractivity contribution is 5.31. The molecule has 100 valence electrons. The van der Waals surface area contributed by atoms with Gasteiger partial charge in [-0.05, 0) is 24.1 Å². The van der Waals surface area contributed by atoms with Crippen LogP contribution >= 0.6 is 0 Å². The Bertz CT molecular complexity index is 548. The second-order valence-corrected chi connectivity index (χ2v) is 4.96. The zero-order valence-electron chi connectivity index (χ0n) is 11.1. The third kappa shape index (κ3) is 2.67. The Labute approximate surface area is 113 Å². The van der Waals surface area contributed by atoms with Crippen molar-refractivity contribution in [2.45, 2.75) is 25.6 Å². The highest BCUT2D eigenvalue weighted by atomic mass is 15.3. The quantitative estimate of drug-likeness (QED) is 0.866. The Morgan fingerprint density at radius 2 is 2.32 bits per heavy atom. The van der Waals surface area contributed by atoms with Crippen LogP contribution in [0.4, 0.5) is 0 Å². The topological polar surface area (TPSA) is 54.8 Å². The third-order valence-electron chi connectivity index (χ3n) is 3.67. The molecule has 0 amide bonds. The molecule has 1 aromatic heterocycles. The van der Waals surface area contributed by atoms with Crippen LogP contribution < -0.4 is 10.6 Å². The van der Waals surface area contributed by atoms with Crippen LogP contribution in [-0.4, -0.2) is 21.3 Å². The zero-order chi connectivity index (χ0) is 13.1. The van der Waals surface area contributed by atoms with E-state index >= 15 is 0 Å². The van der Waals surface area contributed by atoms with E-state index in [1.54, 1.807) is 6.33 Å². The molecule has 0 aliphatic carbocycles. The molecule has 1 unspecified atom stereocenters. The normalized spacial score (nSPS) is 18.9. The predicted molar refractivity (Wildman–Crippen MR) is 73.3 cm³/mol. The van der Waals surface area contributed by atoms with Crippen molar-refractivity contribution in [1.29, 1.82) is 0 Å². The summed E-state index contributed by atoms with van der Waals surface area (Å²) in [6.07, 6.45) is 2.83. The van der Waals surface area contributed by atoms with Crippen molar-refractivity contribution >= 4 is 0 Å². The summed E-state index contributed by atoms with van der Waals surface area (Å²) in [6, 6.07) is 9.01. The molecule has 0 saturated heterocycles. The first-order valence-corrected chi connectivity index (χ1v) is 6.69. The van der Waals surface area contributed by atoms with Gasteiger partial charge in [0.05, 0.1) is 6.54 Å². The lowest BCUT2D eigenvalue weighted by Crippen LogP contribution is -2.24. The van der Waals surface area contributed by atoms with Gasteiger partial charge in [-0.3, -0.25) is 0 Å². The van der Waals surface area contributed by atoms with E-state index in [4.69, 9.17) is 0 Å². The summed E-state index contributed by atoms with van der Waals surface area (Å²) < 4.78 is 1.95. The summed E-state index contributed by atoms with van der Waals surface area (Å²) in [5.74, 6) is 0.967. The minimum absolute atomic E-state index is 0.378. The van der Waals surface area contributed by atoms with Gasteiger partial charge >= 0.3 is 0 Å². The molecule has 2 N–H and O–H groups in total. The summed E-state index contributed by atoms with van der Waals surface area (Å²) >= 11 is 0. The number of hydrogen-bond donors (Lipinski definition) is 2. The van der Waals surface area contributed by atoms with Crippen molar-refractivity contribution in [3.8, 4) is 0 Å². The van der Waals surface area contributed by atoms with Gasteiger partial charge in [0.1, 0.15) is 12.2 Å². The molecule has 0 saturated carbocycles. The van der Waals surface area contributed by atoms with Crippen LogP contribution in [0, 0.1) is 0 Å². The second-order valence-electron chi connectivity index (χ2n) is 4.96. The van der Waals surface area contributed by atoms with Crippen LogP contribution in [0.3, 0.4) is 0 Å². The van der Waals surface area contributed by atoms with Crippen LogP contribution in [0.15, 0.2) is 30.6 Å². The standard InChI is InChI=1S/C14H19N5/c1-19-10-17-18-14(19)9-16-13-6-7-15-8-11-4-2-3-5-12(11)13/h2-5,10,13,15-16H,6-9H2,1H3. The Balaban J connectivity index is 1.75. The van der Waals surface area contributed by atoms with Crippen LogP contribution in [-0.2, 0) is 20.1 Å². The van der Waals surface area contributed by atoms with Crippen molar-refractivity contribution < 1.29 is 0 Å². The zero-order valence-corrected chi connectivity index (χ0v) is 11.1. The molecule has 0 radical (unpaired) electrons. The van der Waals surface area contributed by atoms with Gasteiger partial charge in [-0.25, -0.2) is 0 Å². The van der Waals surface area contributed by atoms with Crippen LogP contribution in [0.25, 0.3) is 0 Å². The van der Waals surface area contributed by atoms with E-state index in [9.17, 15) is 0 Å². The minimum Gasteiger partial charge on any atom is -0.320 e. The van der Waals surface area contributed by atoms with E-state index in [2.05, 4.69) is 45.1 Å². The Kier molecular flexibility index (Phi) is 3.57. The molecule has 1 atom stereocenters. The molecule has 0 fully saturated rings. The number of rotatable bonds is 3. The van der Waals surface area contributed by atoms with Crippen LogP contribution in [0.5, 0.6) is 0 Å². The Morgan fingerprint density at radius 3 is 3.16 bits per heavy atom. The average molecular weight is 257 g/mol. The van der Waals surface area contributed by atoms with Gasteiger partial charge in [-0.15, -0.1) is 10.2 Å². The molecule has 5 nitrogen and oxygen atoms in total. The maximum atomic E-state index is 4.11. The molecule has 0 spiro atoms. The van der Waals surface area contributed by atoms with Gasteiger partial charge in [-0.2, -0.15) is 0 Å². The van der Waals surface area contributed by atoms with Crippen LogP contribution in [0.2, 0.25) is 0 Å². The fourth-order valence-electron chi connectivity index (χ4n) is 2.55. The predicted octanol–water partition coefficient (Wildman–Crippen LogP) is 1.14. The van der Waals surface area contributed by atoms with Crippen LogP contribution in [0.1, 0.15) is 29.4 Å². The van der Waals surface area contributed by atoms with Gasteiger partial charge in [0, 0.05) is 19.6 Å². The lowest BCUT2D eigenvalue weighted by molar-refractivity contribution is 0.482. The van der Waals surface area contributed by atoms with E-state index < -0.39 is 0 Å². The fourth-order valence-corrected chi connectivity index (χ4v) is 2.55. The summed E-state index contributed by atoms with van der Waals surface area (Å²) in [4.78, 5) is 0. The fraction of sp³-hybridized carbons (Fsp3) is 0.429. The minimum atomic E-state index is 0.378. The smallest absolute Gasteiger partial charge is 0.146 e. The molecular formula is C14H19N5. The molecule has 5 heteroatoms. The first-order chi connectivity index (χ1) is 9.34. The molecule has 0 bridgehead atoms. The summed E-state index contributed by atoms with van der Waals surface area (Å²) in [5, 5.41) is 15.1. The molecule has 3 rings (SSSR count). The Hall–Kier alpha value is -1.72. The molecular weight excluding hydrogens is 238 g/mol. The SMILES string of the molecule is Cn1cnnc1CNC1CCNCc2ccccc21. The highest BCUT2D eigenvalue weighted by Crippen LogP contribution is 2.23. The van der Waals surface area contributed by atoms with Gasteiger partial charge in [0.15, 0.2) is 0 Å². The van der Waals surface area contributed by atoms with E-state index in [1.165, 1.54) is 11.1 Å². The maximum absolute atomic E-state index is 4.11. The first kappa shape index (κ1) is 12.3. The number of nitrogens with zero attached hydrogens (tertiary/aromatic N) is 3. The number of aryl methyl sites for hydroxylation is 1. The molecule has 2 aromatic rings. The molecule has 1 aliphatic rings. The van der Waals surface area contributed by atoms with Gasteiger partial charge in [0.25, 0.3) is 0 Å². The highest BCUT2D eigenvalue weighted by Gasteiger charge is 2.17. The first-order valence-electron chi connectivity index (χ1n) is 6.69. The summed E-state index contributed by atoms with van der Waals surface area (Å²) in [6.45, 7) is 2.74. The second kappa shape index (κ2) is 5.50.